The van der Waals surface area contributed by atoms with Crippen molar-refractivity contribution in [3.63, 3.8) is 0 Å². The van der Waals surface area contributed by atoms with E-state index in [0.29, 0.717) is 22.1 Å². The predicted octanol–water partition coefficient (Wildman–Crippen LogP) is 6.79. The molecule has 5 aliphatic rings. The van der Waals surface area contributed by atoms with E-state index in [1.807, 2.05) is 48.5 Å². The number of nitrogens with zero attached hydrogens (tertiary/aromatic N) is 5. The van der Waals surface area contributed by atoms with Gasteiger partial charge in [-0.25, -0.2) is 4.79 Å². The average molecular weight is 1010 g/mol. The minimum atomic E-state index is -3.17. The number of fused-ring (bicyclic) bond motifs is 3. The number of ether oxygens (including phenoxy) is 4. The van der Waals surface area contributed by atoms with Crippen LogP contribution in [0.4, 0.5) is 13.6 Å². The van der Waals surface area contributed by atoms with Crippen LogP contribution in [0.25, 0.3) is 0 Å². The summed E-state index contributed by atoms with van der Waals surface area (Å²) in [7, 11) is 1.63. The summed E-state index contributed by atoms with van der Waals surface area (Å²) in [6, 6.07) is 22.0. The van der Waals surface area contributed by atoms with E-state index in [1.54, 1.807) is 13.1 Å². The molecule has 5 fully saturated rings. The standard InChI is InChI=1S/C49H50Cl2F2N6O9S/c1-56-34(28-65-35-9-5-8-33(20-35)44(31-6-3-2-4-7-31)54-48(63)68-43-26-57-16-14-30(43)15-17-57)22-40(55-56)45(60)59-18-19-69-49(59,46(61)62)37(23-36-38(50)24-58(64)25-39(36)51)32-12-13-41(67-47(52)53)42(21-32)66-27-29-10-11-29/h2-9,12-13,20-22,24-25,29-30,37,43-44,47H,10-11,14-19,23,26-28H2,1H3,(H2-,54,61,62,63,64)/t37-,43-,44-,49-/m0/s1. The second-order valence-corrected chi connectivity index (χ2v) is 19.9. The lowest BCUT2D eigenvalue weighted by Crippen LogP contribution is -2.60. The molecule has 0 radical (unpaired) electrons. The maximum Gasteiger partial charge on any atom is 0.408 e. The maximum absolute atomic E-state index is 14.7. The van der Waals surface area contributed by atoms with Crippen LogP contribution in [0.5, 0.6) is 17.2 Å². The Morgan fingerprint density at radius 3 is 2.35 bits per heavy atom. The molecule has 3 aromatic carbocycles. The van der Waals surface area contributed by atoms with Gasteiger partial charge in [-0.1, -0.05) is 71.7 Å². The largest absolute Gasteiger partial charge is 0.547 e. The third kappa shape index (κ3) is 10.7. The molecule has 5 aromatic rings. The molecule has 6 heterocycles. The van der Waals surface area contributed by atoms with Gasteiger partial charge in [0, 0.05) is 42.1 Å². The predicted molar refractivity (Wildman–Crippen MR) is 248 cm³/mol. The number of alkyl carbamates (subject to hydrolysis) is 1. The van der Waals surface area contributed by atoms with E-state index in [2.05, 4.69) is 15.3 Å². The molecule has 2 amide bonds. The smallest absolute Gasteiger partial charge is 0.408 e. The first-order valence-corrected chi connectivity index (χ1v) is 24.5. The molecule has 15 nitrogen and oxygen atoms in total. The Labute approximate surface area is 411 Å². The number of hydrogen-bond donors (Lipinski definition) is 2. The lowest BCUT2D eigenvalue weighted by Gasteiger charge is -2.44. The second kappa shape index (κ2) is 20.6. The van der Waals surface area contributed by atoms with Gasteiger partial charge in [-0.2, -0.15) is 13.9 Å². The molecule has 2 bridgehead atoms. The summed E-state index contributed by atoms with van der Waals surface area (Å²) in [6.07, 6.45) is 5.32. The molecule has 2 N–H and O–H groups in total. The molecular formula is C49H50Cl2F2N6O9S. The zero-order valence-electron chi connectivity index (χ0n) is 37.5. The number of carboxylic acid groups (broad SMARTS) is 1. The van der Waals surface area contributed by atoms with Crippen LogP contribution in [0.1, 0.15) is 76.1 Å². The number of aryl methyl sites for hydroxylation is 1. The highest BCUT2D eigenvalue weighted by molar-refractivity contribution is 8.01. The summed E-state index contributed by atoms with van der Waals surface area (Å²) in [5.41, 5.74) is 2.53. The van der Waals surface area contributed by atoms with Crippen LogP contribution in [0, 0.1) is 11.8 Å². The summed E-state index contributed by atoms with van der Waals surface area (Å²) in [5.74, 6) is -2.57. The van der Waals surface area contributed by atoms with Crippen LogP contribution in [0.15, 0.2) is 91.3 Å². The highest BCUT2D eigenvalue weighted by Crippen LogP contribution is 2.51. The highest BCUT2D eigenvalue weighted by atomic mass is 35.5. The number of alkyl halides is 2. The Balaban J connectivity index is 0.971. The van der Waals surface area contributed by atoms with E-state index < -0.39 is 41.4 Å². The lowest BCUT2D eigenvalue weighted by atomic mass is 9.84. The van der Waals surface area contributed by atoms with Crippen molar-refractivity contribution < 1.29 is 57.2 Å². The van der Waals surface area contributed by atoms with Crippen LogP contribution in [-0.2, 0) is 29.6 Å². The maximum atomic E-state index is 14.7. The van der Waals surface area contributed by atoms with Crippen LogP contribution >= 0.6 is 35.0 Å². The van der Waals surface area contributed by atoms with Crippen molar-refractivity contribution >= 4 is 52.9 Å². The number of carboxylic acids is 1. The van der Waals surface area contributed by atoms with Gasteiger partial charge in [0.05, 0.1) is 24.3 Å². The monoisotopic (exact) mass is 1010 g/mol. The quantitative estimate of drug-likeness (QED) is 0.0697. The number of carbonyl (C=O) groups excluding carboxylic acids is 3. The zero-order chi connectivity index (χ0) is 48.4. The third-order valence-electron chi connectivity index (χ3n) is 13.3. The Morgan fingerprint density at radius 2 is 1.67 bits per heavy atom. The van der Waals surface area contributed by atoms with Gasteiger partial charge in [0.25, 0.3) is 5.91 Å². The normalized spacial score (nSPS) is 21.7. The number of halogens is 4. The number of thioether (sulfide) groups is 1. The van der Waals surface area contributed by atoms with Gasteiger partial charge in [-0.15, -0.1) is 11.8 Å². The molecule has 4 aliphatic heterocycles. The highest BCUT2D eigenvalue weighted by Gasteiger charge is 2.53. The molecule has 1 aliphatic carbocycles. The van der Waals surface area contributed by atoms with Gasteiger partial charge in [0.15, 0.2) is 17.2 Å². The summed E-state index contributed by atoms with van der Waals surface area (Å²) in [4.78, 5) is 43.4. The van der Waals surface area contributed by atoms with Crippen molar-refractivity contribution in [2.45, 2.75) is 68.3 Å². The molecule has 4 saturated heterocycles. The summed E-state index contributed by atoms with van der Waals surface area (Å²) in [5, 5.41) is 31.6. The van der Waals surface area contributed by atoms with Crippen molar-refractivity contribution in [2.75, 3.05) is 38.5 Å². The zero-order valence-corrected chi connectivity index (χ0v) is 39.8. The number of nitrogens with one attached hydrogen (secondary N) is 1. The SMILES string of the molecule is Cn1nc(C(=O)N2CCS[C@]2(C(=O)[O-])[C@@H](Cc2c(Cl)c[n+](O)cc2Cl)c2ccc(OC(F)F)c(OCC3CC3)c2)cc1COc1cccc([C@@H](NC(=O)O[C@H]2CN3CCC2CC3)c2ccccc2)c1. The minimum absolute atomic E-state index is 0.00107. The molecule has 0 spiro atoms. The number of amides is 2. The average Bonchev–Trinajstić information content (AvgIpc) is 3.93. The first-order valence-electron chi connectivity index (χ1n) is 22.7. The molecule has 0 unspecified atom stereocenters. The van der Waals surface area contributed by atoms with E-state index >= 15 is 0 Å². The fourth-order valence-corrected chi connectivity index (χ4v) is 11.6. The molecule has 364 valence electrons. The van der Waals surface area contributed by atoms with Crippen molar-refractivity contribution in [1.82, 2.24) is 24.9 Å². The molecule has 20 heteroatoms. The van der Waals surface area contributed by atoms with Gasteiger partial charge >= 0.3 is 12.7 Å². The van der Waals surface area contributed by atoms with E-state index in [0.717, 1.165) is 68.2 Å². The summed E-state index contributed by atoms with van der Waals surface area (Å²) < 4.78 is 52.3. The summed E-state index contributed by atoms with van der Waals surface area (Å²) >= 11 is 14.2. The molecule has 1 saturated carbocycles. The number of rotatable bonds is 18. The Morgan fingerprint density at radius 1 is 0.928 bits per heavy atom. The van der Waals surface area contributed by atoms with Gasteiger partial charge in [-0.3, -0.25) is 19.6 Å². The van der Waals surface area contributed by atoms with Gasteiger partial charge in [0.2, 0.25) is 12.4 Å². The molecule has 10 rings (SSSR count). The summed E-state index contributed by atoms with van der Waals surface area (Å²) in [6.45, 7) is -0.231. The van der Waals surface area contributed by atoms with Crippen molar-refractivity contribution in [1.29, 1.82) is 0 Å². The van der Waals surface area contributed by atoms with Crippen LogP contribution in [-0.4, -0.2) is 98.9 Å². The number of aliphatic carboxylic acids is 1. The minimum Gasteiger partial charge on any atom is -0.547 e. The fraction of sp³-hybridized carbons (Fsp3) is 0.408. The number of benzene rings is 3. The van der Waals surface area contributed by atoms with E-state index in [4.69, 9.17) is 42.1 Å². The second-order valence-electron chi connectivity index (χ2n) is 17.8. The first kappa shape index (κ1) is 48.2. The third-order valence-corrected chi connectivity index (χ3v) is 15.5. The Hall–Kier alpha value is -5.82. The molecule has 4 atom stereocenters. The number of hydrogen-bond acceptors (Lipinski definition) is 12. The molecular weight excluding hydrogens is 958 g/mol. The van der Waals surface area contributed by atoms with E-state index in [1.165, 1.54) is 46.2 Å². The van der Waals surface area contributed by atoms with Gasteiger partial charge in [0.1, 0.15) is 33.4 Å². The molecule has 69 heavy (non-hydrogen) atoms. The van der Waals surface area contributed by atoms with Gasteiger partial charge < -0.3 is 39.1 Å². The fourth-order valence-electron chi connectivity index (χ4n) is 9.51. The van der Waals surface area contributed by atoms with E-state index in [9.17, 15) is 33.5 Å². The number of aromatic nitrogens is 3. The Kier molecular flexibility index (Phi) is 14.4. The lowest BCUT2D eigenvalue weighted by molar-refractivity contribution is -0.904. The van der Waals surface area contributed by atoms with Gasteiger partial charge in [-0.05, 0) is 104 Å². The van der Waals surface area contributed by atoms with Crippen molar-refractivity contribution in [3.05, 3.63) is 135 Å². The van der Waals surface area contributed by atoms with Crippen LogP contribution in [0.3, 0.4) is 0 Å². The molecule has 2 aromatic heterocycles. The number of pyridine rings is 1. The number of carbonyl (C=O) groups is 3. The van der Waals surface area contributed by atoms with Crippen molar-refractivity contribution in [3.8, 4) is 17.2 Å². The van der Waals surface area contributed by atoms with Crippen LogP contribution in [0.2, 0.25) is 10.0 Å². The van der Waals surface area contributed by atoms with Crippen LogP contribution < -0.4 is 29.4 Å². The van der Waals surface area contributed by atoms with E-state index in [-0.39, 0.29) is 82.3 Å². The van der Waals surface area contributed by atoms with Crippen molar-refractivity contribution in [2.24, 2.45) is 18.9 Å². The Bertz CT molecular complexity index is 2670. The number of piperidine rings is 3. The topological polar surface area (TPSA) is 172 Å². The first-order chi connectivity index (χ1) is 33.2.